The monoisotopic (exact) mass is 209 g/mol. The molecule has 0 aromatic rings. The van der Waals surface area contributed by atoms with Gasteiger partial charge >= 0.3 is 5.97 Å². The summed E-state index contributed by atoms with van der Waals surface area (Å²) in [4.78, 5) is 34.7. The van der Waals surface area contributed by atoms with E-state index in [-0.39, 0.29) is 17.7 Å². The Hall–Kier alpha value is -1.65. The number of hydrogen-bond donors (Lipinski definition) is 1. The van der Waals surface area contributed by atoms with Crippen molar-refractivity contribution in [2.45, 2.75) is 12.8 Å². The SMILES string of the molecule is O=C(O)CN1C(=O)C2C=CCCC2C1=O. The highest BCUT2D eigenvalue weighted by atomic mass is 16.4. The molecule has 5 heteroatoms. The van der Waals surface area contributed by atoms with Gasteiger partial charge in [0.05, 0.1) is 11.8 Å². The van der Waals surface area contributed by atoms with Crippen LogP contribution in [-0.2, 0) is 14.4 Å². The Morgan fingerprint density at radius 3 is 2.80 bits per heavy atom. The lowest BCUT2D eigenvalue weighted by Crippen LogP contribution is -2.35. The molecular formula is C10H11NO4. The minimum atomic E-state index is -1.15. The summed E-state index contributed by atoms with van der Waals surface area (Å²) in [6.07, 6.45) is 5.01. The predicted octanol–water partition coefficient (Wildman–Crippen LogP) is 0.0222. The molecule has 15 heavy (non-hydrogen) atoms. The summed E-state index contributed by atoms with van der Waals surface area (Å²) in [5.41, 5.74) is 0. The Balaban J connectivity index is 2.23. The van der Waals surface area contributed by atoms with Crippen molar-refractivity contribution < 1.29 is 19.5 Å². The molecule has 2 unspecified atom stereocenters. The Bertz CT molecular complexity index is 360. The Morgan fingerprint density at radius 2 is 2.20 bits per heavy atom. The van der Waals surface area contributed by atoms with Crippen LogP contribution in [0.2, 0.25) is 0 Å². The third-order valence-electron chi connectivity index (χ3n) is 2.85. The Kier molecular flexibility index (Phi) is 2.30. The molecule has 1 heterocycles. The van der Waals surface area contributed by atoms with E-state index < -0.39 is 18.4 Å². The maximum Gasteiger partial charge on any atom is 0.323 e. The third-order valence-corrected chi connectivity index (χ3v) is 2.85. The second-order valence-electron chi connectivity index (χ2n) is 3.79. The molecule has 2 aliphatic rings. The second-order valence-corrected chi connectivity index (χ2v) is 3.79. The van der Waals surface area contributed by atoms with Crippen LogP contribution in [0.1, 0.15) is 12.8 Å². The molecule has 1 fully saturated rings. The van der Waals surface area contributed by atoms with Crippen LogP contribution in [0, 0.1) is 11.8 Å². The Morgan fingerprint density at radius 1 is 1.47 bits per heavy atom. The first-order chi connectivity index (χ1) is 7.11. The van der Waals surface area contributed by atoms with Crippen LogP contribution < -0.4 is 0 Å². The lowest BCUT2D eigenvalue weighted by molar-refractivity contribution is -0.149. The van der Waals surface area contributed by atoms with Crippen LogP contribution in [0.25, 0.3) is 0 Å². The molecule has 80 valence electrons. The van der Waals surface area contributed by atoms with Gasteiger partial charge in [0.2, 0.25) is 11.8 Å². The minimum absolute atomic E-state index is 0.332. The van der Waals surface area contributed by atoms with E-state index in [1.165, 1.54) is 0 Å². The van der Waals surface area contributed by atoms with E-state index in [1.807, 2.05) is 6.08 Å². The first kappa shape index (κ1) is 9.89. The van der Waals surface area contributed by atoms with Crippen molar-refractivity contribution in [2.24, 2.45) is 11.8 Å². The van der Waals surface area contributed by atoms with Crippen molar-refractivity contribution in [1.82, 2.24) is 4.90 Å². The number of carbonyl (C=O) groups is 3. The summed E-state index contributed by atoms with van der Waals surface area (Å²) in [6.45, 7) is -0.515. The van der Waals surface area contributed by atoms with Crippen LogP contribution >= 0.6 is 0 Å². The minimum Gasteiger partial charge on any atom is -0.480 e. The van der Waals surface area contributed by atoms with Gasteiger partial charge in [-0.2, -0.15) is 0 Å². The van der Waals surface area contributed by atoms with Gasteiger partial charge in [-0.05, 0) is 12.8 Å². The van der Waals surface area contributed by atoms with Crippen LogP contribution in [0.5, 0.6) is 0 Å². The average molecular weight is 209 g/mol. The number of aliphatic carboxylic acids is 1. The highest BCUT2D eigenvalue weighted by Gasteiger charge is 2.47. The van der Waals surface area contributed by atoms with Crippen LogP contribution in [-0.4, -0.2) is 34.3 Å². The zero-order valence-corrected chi connectivity index (χ0v) is 8.05. The van der Waals surface area contributed by atoms with E-state index in [9.17, 15) is 14.4 Å². The molecule has 2 amide bonds. The van der Waals surface area contributed by atoms with Crippen molar-refractivity contribution in [3.05, 3.63) is 12.2 Å². The molecule has 0 spiro atoms. The van der Waals surface area contributed by atoms with Crippen molar-refractivity contribution in [3.8, 4) is 0 Å². The molecule has 1 N–H and O–H groups in total. The summed E-state index contributed by atoms with van der Waals surface area (Å²) >= 11 is 0. The van der Waals surface area contributed by atoms with E-state index in [2.05, 4.69) is 0 Å². The van der Waals surface area contributed by atoms with Crippen molar-refractivity contribution >= 4 is 17.8 Å². The van der Waals surface area contributed by atoms with Gasteiger partial charge in [0.1, 0.15) is 6.54 Å². The van der Waals surface area contributed by atoms with Crippen molar-refractivity contribution in [2.75, 3.05) is 6.54 Å². The molecule has 0 bridgehead atoms. The molecule has 0 aromatic heterocycles. The summed E-state index contributed by atoms with van der Waals surface area (Å²) < 4.78 is 0. The fraction of sp³-hybridized carbons (Fsp3) is 0.500. The van der Waals surface area contributed by atoms with Crippen LogP contribution in [0.3, 0.4) is 0 Å². The van der Waals surface area contributed by atoms with Gasteiger partial charge in [-0.1, -0.05) is 12.2 Å². The summed E-state index contributed by atoms with van der Waals surface area (Å²) in [7, 11) is 0. The lowest BCUT2D eigenvalue weighted by atomic mass is 9.86. The molecule has 1 saturated heterocycles. The maximum absolute atomic E-state index is 11.7. The topological polar surface area (TPSA) is 74.7 Å². The van der Waals surface area contributed by atoms with E-state index in [1.54, 1.807) is 6.08 Å². The summed E-state index contributed by atoms with van der Waals surface area (Å²) in [6, 6.07) is 0. The normalized spacial score (nSPS) is 29.5. The number of carboxylic acids is 1. The highest BCUT2D eigenvalue weighted by molar-refractivity contribution is 6.07. The van der Waals surface area contributed by atoms with E-state index >= 15 is 0 Å². The second kappa shape index (κ2) is 3.49. The number of rotatable bonds is 2. The lowest BCUT2D eigenvalue weighted by Gasteiger charge is -2.14. The summed E-state index contributed by atoms with van der Waals surface area (Å²) in [5.74, 6) is -2.62. The number of carbonyl (C=O) groups excluding carboxylic acids is 2. The van der Waals surface area contributed by atoms with Gasteiger partial charge < -0.3 is 5.11 Å². The number of fused-ring (bicyclic) bond motifs is 1. The fourth-order valence-corrected chi connectivity index (χ4v) is 2.14. The quantitative estimate of drug-likeness (QED) is 0.514. The first-order valence-electron chi connectivity index (χ1n) is 4.85. The average Bonchev–Trinajstić information content (AvgIpc) is 2.44. The highest BCUT2D eigenvalue weighted by Crippen LogP contribution is 2.33. The van der Waals surface area contributed by atoms with Gasteiger partial charge in [0, 0.05) is 0 Å². The number of imide groups is 1. The number of likely N-dealkylation sites (tertiary alicyclic amines) is 1. The molecule has 1 aliphatic heterocycles. The zero-order valence-electron chi connectivity index (χ0n) is 8.05. The predicted molar refractivity (Wildman–Crippen MR) is 49.7 cm³/mol. The number of allylic oxidation sites excluding steroid dienone is 1. The summed E-state index contributed by atoms with van der Waals surface area (Å²) in [5, 5.41) is 8.58. The number of hydrogen-bond acceptors (Lipinski definition) is 3. The van der Waals surface area contributed by atoms with Gasteiger partial charge in [0.25, 0.3) is 0 Å². The molecule has 5 nitrogen and oxygen atoms in total. The molecule has 2 rings (SSSR count). The molecule has 0 radical (unpaired) electrons. The first-order valence-corrected chi connectivity index (χ1v) is 4.85. The van der Waals surface area contributed by atoms with Gasteiger partial charge in [-0.15, -0.1) is 0 Å². The standard InChI is InChI=1S/C10H11NO4/c12-8(13)5-11-9(14)6-3-1-2-4-7(6)10(11)15/h1,3,6-7H,2,4-5H2,(H,12,13). The fourth-order valence-electron chi connectivity index (χ4n) is 2.14. The molecule has 2 atom stereocenters. The van der Waals surface area contributed by atoms with E-state index in [0.717, 1.165) is 11.3 Å². The van der Waals surface area contributed by atoms with Crippen LogP contribution in [0.4, 0.5) is 0 Å². The van der Waals surface area contributed by atoms with Gasteiger partial charge in [-0.25, -0.2) is 0 Å². The molecule has 0 aromatic carbocycles. The molecular weight excluding hydrogens is 198 g/mol. The number of nitrogens with zero attached hydrogens (tertiary/aromatic N) is 1. The van der Waals surface area contributed by atoms with Gasteiger partial charge in [0.15, 0.2) is 0 Å². The Labute approximate surface area is 86.4 Å². The zero-order chi connectivity index (χ0) is 11.0. The van der Waals surface area contributed by atoms with Crippen LogP contribution in [0.15, 0.2) is 12.2 Å². The molecule has 1 aliphatic carbocycles. The van der Waals surface area contributed by atoms with E-state index in [4.69, 9.17) is 5.11 Å². The smallest absolute Gasteiger partial charge is 0.323 e. The molecule has 0 saturated carbocycles. The van der Waals surface area contributed by atoms with Crippen molar-refractivity contribution in [3.63, 3.8) is 0 Å². The number of carboxylic acid groups (broad SMARTS) is 1. The third kappa shape index (κ3) is 1.54. The maximum atomic E-state index is 11.7. The van der Waals surface area contributed by atoms with E-state index in [0.29, 0.717) is 6.42 Å². The number of amides is 2. The van der Waals surface area contributed by atoms with Gasteiger partial charge in [-0.3, -0.25) is 19.3 Å². The largest absolute Gasteiger partial charge is 0.480 e. The van der Waals surface area contributed by atoms with Crippen molar-refractivity contribution in [1.29, 1.82) is 0 Å².